The molecule has 5 heteroatoms. The fourth-order valence-corrected chi connectivity index (χ4v) is 3.11. The maximum Gasteiger partial charge on any atom is 0.164 e. The summed E-state index contributed by atoms with van der Waals surface area (Å²) >= 11 is 0. The molecule has 0 spiro atoms. The number of rotatable bonds is 5. The average molecular weight is 281 g/mol. The Morgan fingerprint density at radius 1 is 1.37 bits per heavy atom. The van der Waals surface area contributed by atoms with E-state index in [2.05, 4.69) is 5.32 Å². The van der Waals surface area contributed by atoms with Gasteiger partial charge in [-0.25, -0.2) is 8.42 Å². The molecule has 1 aromatic rings. The molecule has 1 heterocycles. The number of hydrogen-bond acceptors (Lipinski definition) is 4. The molecule has 0 unspecified atom stereocenters. The lowest BCUT2D eigenvalue weighted by Gasteiger charge is -2.19. The Hall–Kier alpha value is -1.20. The number of ketones is 1. The molecule has 0 atom stereocenters. The summed E-state index contributed by atoms with van der Waals surface area (Å²) < 4.78 is 22.9. The molecule has 0 radical (unpaired) electrons. The first-order valence-electron chi connectivity index (χ1n) is 6.58. The molecule has 2 rings (SSSR count). The minimum Gasteiger partial charge on any atom is -0.312 e. The van der Waals surface area contributed by atoms with Crippen molar-refractivity contribution in [2.75, 3.05) is 18.1 Å². The predicted octanol–water partition coefficient (Wildman–Crippen LogP) is 1.34. The summed E-state index contributed by atoms with van der Waals surface area (Å²) in [5.74, 6) is -0.0165. The molecule has 19 heavy (non-hydrogen) atoms. The molecule has 1 aromatic carbocycles. The number of benzene rings is 1. The number of hydrogen-bond donors (Lipinski definition) is 1. The van der Waals surface area contributed by atoms with Crippen molar-refractivity contribution in [1.29, 1.82) is 0 Å². The van der Waals surface area contributed by atoms with Crippen LogP contribution >= 0.6 is 0 Å². The third-order valence-electron chi connectivity index (χ3n) is 3.52. The highest BCUT2D eigenvalue weighted by Gasteiger charge is 2.18. The molecule has 0 fully saturated rings. The molecule has 0 saturated carbocycles. The van der Waals surface area contributed by atoms with Gasteiger partial charge >= 0.3 is 0 Å². The van der Waals surface area contributed by atoms with Crippen LogP contribution in [0.3, 0.4) is 0 Å². The molecule has 0 bridgehead atoms. The van der Waals surface area contributed by atoms with Crippen molar-refractivity contribution < 1.29 is 13.2 Å². The first kappa shape index (κ1) is 14.2. The Kier molecular flexibility index (Phi) is 4.37. The molecule has 4 nitrogen and oxygen atoms in total. The minimum absolute atomic E-state index is 0.0513. The van der Waals surface area contributed by atoms with Gasteiger partial charge in [0.1, 0.15) is 9.84 Å². The van der Waals surface area contributed by atoms with Crippen LogP contribution in [0.5, 0.6) is 0 Å². The summed E-state index contributed by atoms with van der Waals surface area (Å²) in [6, 6.07) is 5.69. The van der Waals surface area contributed by atoms with Gasteiger partial charge in [0.2, 0.25) is 0 Å². The van der Waals surface area contributed by atoms with Crippen LogP contribution in [0.2, 0.25) is 0 Å². The fourth-order valence-electron chi connectivity index (χ4n) is 2.32. The van der Waals surface area contributed by atoms with Gasteiger partial charge in [0.15, 0.2) is 5.78 Å². The average Bonchev–Trinajstić information content (AvgIpc) is 2.44. The molecular formula is C14H19NO3S. The van der Waals surface area contributed by atoms with Gasteiger partial charge in [0, 0.05) is 24.3 Å². The second-order valence-corrected chi connectivity index (χ2v) is 7.25. The number of sulfone groups is 1. The lowest BCUT2D eigenvalue weighted by atomic mass is 9.92. The summed E-state index contributed by atoms with van der Waals surface area (Å²) in [7, 11) is -3.08. The highest BCUT2D eigenvalue weighted by Crippen LogP contribution is 2.20. The van der Waals surface area contributed by atoms with Gasteiger partial charge in [-0.15, -0.1) is 0 Å². The van der Waals surface area contributed by atoms with Crippen LogP contribution in [-0.2, 0) is 22.8 Å². The number of carbonyl (C=O) groups excluding carboxylic acids is 1. The van der Waals surface area contributed by atoms with Gasteiger partial charge in [0.05, 0.1) is 5.75 Å². The molecule has 0 aliphatic carbocycles. The van der Waals surface area contributed by atoms with Crippen LogP contribution in [0.4, 0.5) is 0 Å². The van der Waals surface area contributed by atoms with E-state index in [0.717, 1.165) is 30.6 Å². The van der Waals surface area contributed by atoms with E-state index in [1.165, 1.54) is 0 Å². The number of carbonyl (C=O) groups is 1. The smallest absolute Gasteiger partial charge is 0.164 e. The van der Waals surface area contributed by atoms with E-state index in [9.17, 15) is 13.2 Å². The Balaban J connectivity index is 2.16. The van der Waals surface area contributed by atoms with E-state index in [1.54, 1.807) is 6.92 Å². The second-order valence-electron chi connectivity index (χ2n) is 4.78. The van der Waals surface area contributed by atoms with E-state index in [1.807, 2.05) is 18.2 Å². The fraction of sp³-hybridized carbons (Fsp3) is 0.500. The van der Waals surface area contributed by atoms with Crippen molar-refractivity contribution in [2.45, 2.75) is 26.3 Å². The van der Waals surface area contributed by atoms with Crippen LogP contribution in [0.15, 0.2) is 18.2 Å². The maximum atomic E-state index is 12.2. The highest BCUT2D eigenvalue weighted by atomic mass is 32.2. The van der Waals surface area contributed by atoms with E-state index >= 15 is 0 Å². The second kappa shape index (κ2) is 5.84. The summed E-state index contributed by atoms with van der Waals surface area (Å²) in [4.78, 5) is 12.2. The standard InChI is InChI=1S/C14H19NO3S/c1-2-19(17,18)9-7-14(16)13-5-3-4-11-10-15-8-6-12(11)13/h3-5,15H,2,6-10H2,1H3. The summed E-state index contributed by atoms with van der Waals surface area (Å²) in [6.45, 7) is 3.25. The third kappa shape index (κ3) is 3.42. The third-order valence-corrected chi connectivity index (χ3v) is 5.23. The van der Waals surface area contributed by atoms with Crippen LogP contribution < -0.4 is 5.32 Å². The zero-order valence-corrected chi connectivity index (χ0v) is 11.9. The molecule has 0 aromatic heterocycles. The van der Waals surface area contributed by atoms with Gasteiger partial charge < -0.3 is 5.32 Å². The lowest BCUT2D eigenvalue weighted by Crippen LogP contribution is -2.25. The monoisotopic (exact) mass is 281 g/mol. The molecule has 0 amide bonds. The van der Waals surface area contributed by atoms with Crippen molar-refractivity contribution in [3.8, 4) is 0 Å². The quantitative estimate of drug-likeness (QED) is 0.827. The first-order chi connectivity index (χ1) is 9.03. The minimum atomic E-state index is -3.08. The Morgan fingerprint density at radius 3 is 2.89 bits per heavy atom. The summed E-state index contributed by atoms with van der Waals surface area (Å²) in [6.07, 6.45) is 0.915. The topological polar surface area (TPSA) is 63.2 Å². The predicted molar refractivity (Wildman–Crippen MR) is 75.1 cm³/mol. The zero-order chi connectivity index (χ0) is 13.9. The van der Waals surface area contributed by atoms with E-state index in [4.69, 9.17) is 0 Å². The van der Waals surface area contributed by atoms with E-state index in [0.29, 0.717) is 5.56 Å². The largest absolute Gasteiger partial charge is 0.312 e. The van der Waals surface area contributed by atoms with Crippen LogP contribution in [0, 0.1) is 0 Å². The van der Waals surface area contributed by atoms with Gasteiger partial charge in [-0.05, 0) is 24.1 Å². The van der Waals surface area contributed by atoms with Crippen molar-refractivity contribution in [1.82, 2.24) is 5.32 Å². The Bertz CT molecular complexity index is 578. The van der Waals surface area contributed by atoms with Crippen molar-refractivity contribution >= 4 is 15.6 Å². The van der Waals surface area contributed by atoms with Crippen LogP contribution in [-0.4, -0.2) is 32.3 Å². The van der Waals surface area contributed by atoms with E-state index in [-0.39, 0.29) is 23.7 Å². The highest BCUT2D eigenvalue weighted by molar-refractivity contribution is 7.91. The Labute approximate surface area is 114 Å². The van der Waals surface area contributed by atoms with Gasteiger partial charge in [-0.3, -0.25) is 4.79 Å². The van der Waals surface area contributed by atoms with Crippen molar-refractivity contribution in [3.63, 3.8) is 0 Å². The molecular weight excluding hydrogens is 262 g/mol. The van der Waals surface area contributed by atoms with Crippen molar-refractivity contribution in [2.24, 2.45) is 0 Å². The molecule has 1 aliphatic rings. The zero-order valence-electron chi connectivity index (χ0n) is 11.1. The molecule has 104 valence electrons. The number of Topliss-reactive ketones (excluding diaryl/α,β-unsaturated/α-hetero) is 1. The maximum absolute atomic E-state index is 12.2. The molecule has 1 N–H and O–H groups in total. The number of nitrogens with one attached hydrogen (secondary N) is 1. The molecule has 1 aliphatic heterocycles. The molecule has 0 saturated heterocycles. The van der Waals surface area contributed by atoms with Crippen LogP contribution in [0.1, 0.15) is 34.8 Å². The van der Waals surface area contributed by atoms with Gasteiger partial charge in [-0.2, -0.15) is 0 Å². The lowest BCUT2D eigenvalue weighted by molar-refractivity contribution is 0.0987. The van der Waals surface area contributed by atoms with Gasteiger partial charge in [-0.1, -0.05) is 25.1 Å². The van der Waals surface area contributed by atoms with Crippen LogP contribution in [0.25, 0.3) is 0 Å². The first-order valence-corrected chi connectivity index (χ1v) is 8.41. The van der Waals surface area contributed by atoms with E-state index < -0.39 is 9.84 Å². The SMILES string of the molecule is CCS(=O)(=O)CCC(=O)c1cccc2c1CCNC2. The Morgan fingerprint density at radius 2 is 2.16 bits per heavy atom. The summed E-state index contributed by atoms with van der Waals surface area (Å²) in [5.41, 5.74) is 2.93. The summed E-state index contributed by atoms with van der Waals surface area (Å²) in [5, 5.41) is 3.27. The van der Waals surface area contributed by atoms with Gasteiger partial charge in [0.25, 0.3) is 0 Å². The number of fused-ring (bicyclic) bond motifs is 1. The normalized spacial score (nSPS) is 15.0. The van der Waals surface area contributed by atoms with Crippen molar-refractivity contribution in [3.05, 3.63) is 34.9 Å².